The summed E-state index contributed by atoms with van der Waals surface area (Å²) in [4.78, 5) is 26.0. The first kappa shape index (κ1) is 30.3. The van der Waals surface area contributed by atoms with Gasteiger partial charge in [0, 0.05) is 37.4 Å². The Morgan fingerprint density at radius 3 is 1.95 bits per heavy atom. The lowest BCUT2D eigenvalue weighted by Crippen LogP contribution is -2.27. The summed E-state index contributed by atoms with van der Waals surface area (Å²) in [6, 6.07) is 23.1. The average Bonchev–Trinajstić information content (AvgIpc) is 3.02. The van der Waals surface area contributed by atoms with Crippen molar-refractivity contribution < 1.29 is 18.7 Å². The summed E-state index contributed by atoms with van der Waals surface area (Å²) in [5.41, 5.74) is 8.51. The fourth-order valence-corrected chi connectivity index (χ4v) is 3.73. The smallest absolute Gasteiger partial charge is 0.251 e. The number of benzene rings is 3. The molecule has 0 radical (unpaired) electrons. The van der Waals surface area contributed by atoms with E-state index in [9.17, 15) is 9.18 Å². The Hall–Kier alpha value is -4.65. The predicted molar refractivity (Wildman–Crippen MR) is 160 cm³/mol. The molecule has 0 saturated carbocycles. The number of anilines is 4. The maximum absolute atomic E-state index is 13.3. The van der Waals surface area contributed by atoms with Crippen LogP contribution in [0.3, 0.4) is 0 Å². The molecule has 0 aliphatic heterocycles. The van der Waals surface area contributed by atoms with E-state index in [2.05, 4.69) is 36.2 Å². The summed E-state index contributed by atoms with van der Waals surface area (Å²) >= 11 is 0. The maximum atomic E-state index is 13.3. The highest BCUT2D eigenvalue weighted by atomic mass is 19.1. The first-order valence-corrected chi connectivity index (χ1v) is 13.6. The van der Waals surface area contributed by atoms with Crippen molar-refractivity contribution in [1.82, 2.24) is 20.3 Å². The molecule has 42 heavy (non-hydrogen) atoms. The molecule has 220 valence electrons. The molecule has 4 aromatic rings. The Kier molecular flexibility index (Phi) is 12.0. The van der Waals surface area contributed by atoms with Gasteiger partial charge in [-0.3, -0.25) is 4.79 Å². The van der Waals surface area contributed by atoms with Crippen molar-refractivity contribution in [1.29, 1.82) is 0 Å². The Labute approximate surface area is 244 Å². The SMILES string of the molecule is NCCOCCOCCNC(=O)c1ccc(Nc2nc(NCc3ccccc3)nc(NCc3ccc(F)cc3)n2)cc1. The molecule has 1 amide bonds. The number of aromatic nitrogens is 3. The van der Waals surface area contributed by atoms with Crippen LogP contribution in [0.25, 0.3) is 0 Å². The minimum atomic E-state index is -0.296. The monoisotopic (exact) mass is 574 g/mol. The quantitative estimate of drug-likeness (QED) is 0.118. The molecule has 6 N–H and O–H groups in total. The maximum Gasteiger partial charge on any atom is 0.251 e. The number of carbonyl (C=O) groups is 1. The van der Waals surface area contributed by atoms with Crippen LogP contribution in [0.1, 0.15) is 21.5 Å². The van der Waals surface area contributed by atoms with Gasteiger partial charge in [-0.2, -0.15) is 15.0 Å². The molecule has 0 bridgehead atoms. The Bertz CT molecular complexity index is 1380. The Morgan fingerprint density at radius 2 is 1.31 bits per heavy atom. The normalized spacial score (nSPS) is 10.7. The zero-order valence-electron chi connectivity index (χ0n) is 23.2. The fraction of sp³-hybridized carbons (Fsp3) is 0.267. The third kappa shape index (κ3) is 10.4. The van der Waals surface area contributed by atoms with Crippen LogP contribution in [0, 0.1) is 5.82 Å². The summed E-state index contributed by atoms with van der Waals surface area (Å²) in [5, 5.41) is 12.4. The van der Waals surface area contributed by atoms with E-state index in [0.717, 1.165) is 11.1 Å². The highest BCUT2D eigenvalue weighted by molar-refractivity contribution is 5.94. The predicted octanol–water partition coefficient (Wildman–Crippen LogP) is 3.70. The minimum Gasteiger partial charge on any atom is -0.378 e. The lowest BCUT2D eigenvalue weighted by molar-refractivity contribution is 0.0511. The van der Waals surface area contributed by atoms with Crippen molar-refractivity contribution in [3.05, 3.63) is 101 Å². The molecule has 0 atom stereocenters. The fourth-order valence-electron chi connectivity index (χ4n) is 3.73. The highest BCUT2D eigenvalue weighted by Crippen LogP contribution is 2.18. The Morgan fingerprint density at radius 1 is 0.714 bits per heavy atom. The minimum absolute atomic E-state index is 0.204. The number of hydrogen-bond acceptors (Lipinski definition) is 10. The van der Waals surface area contributed by atoms with Gasteiger partial charge in [-0.05, 0) is 47.5 Å². The average molecular weight is 575 g/mol. The number of nitrogens with one attached hydrogen (secondary N) is 4. The molecule has 0 aliphatic rings. The topological polar surface area (TPSA) is 148 Å². The number of carbonyl (C=O) groups excluding carboxylic acids is 1. The van der Waals surface area contributed by atoms with Crippen LogP contribution in [0.5, 0.6) is 0 Å². The molecule has 0 spiro atoms. The molecule has 11 nitrogen and oxygen atoms in total. The number of halogens is 1. The largest absolute Gasteiger partial charge is 0.378 e. The molecule has 4 rings (SSSR count). The van der Waals surface area contributed by atoms with Crippen molar-refractivity contribution >= 4 is 29.4 Å². The zero-order valence-corrected chi connectivity index (χ0v) is 23.2. The van der Waals surface area contributed by atoms with Crippen LogP contribution in [0.2, 0.25) is 0 Å². The van der Waals surface area contributed by atoms with Crippen LogP contribution in [0.15, 0.2) is 78.9 Å². The van der Waals surface area contributed by atoms with Gasteiger partial charge < -0.3 is 36.5 Å². The van der Waals surface area contributed by atoms with Crippen molar-refractivity contribution in [2.24, 2.45) is 5.73 Å². The second-order valence-electron chi connectivity index (χ2n) is 9.10. The molecule has 1 aromatic heterocycles. The van der Waals surface area contributed by atoms with Crippen molar-refractivity contribution in [2.75, 3.05) is 55.5 Å². The van der Waals surface area contributed by atoms with Crippen molar-refractivity contribution in [3.8, 4) is 0 Å². The van der Waals surface area contributed by atoms with Crippen LogP contribution in [0.4, 0.5) is 27.9 Å². The van der Waals surface area contributed by atoms with Gasteiger partial charge in [0.25, 0.3) is 5.91 Å². The summed E-state index contributed by atoms with van der Waals surface area (Å²) in [6.45, 7) is 3.58. The number of rotatable bonds is 17. The van der Waals surface area contributed by atoms with Crippen LogP contribution in [-0.4, -0.2) is 60.4 Å². The lowest BCUT2D eigenvalue weighted by Gasteiger charge is -2.12. The van der Waals surface area contributed by atoms with Gasteiger partial charge in [0.05, 0.1) is 26.4 Å². The standard InChI is InChI=1S/C30H35FN8O3/c31-25-10-6-23(7-11-25)21-35-29-37-28(34-20-22-4-2-1-3-5-22)38-30(39-29)36-26-12-8-24(9-13-26)27(40)33-15-17-42-19-18-41-16-14-32/h1-13H,14-21,32H2,(H,33,40)(H3,34,35,36,37,38,39). The molecule has 0 saturated heterocycles. The number of ether oxygens (including phenoxy) is 2. The van der Waals surface area contributed by atoms with E-state index in [1.807, 2.05) is 30.3 Å². The third-order valence-corrected chi connectivity index (χ3v) is 5.86. The van der Waals surface area contributed by atoms with Gasteiger partial charge in [0.15, 0.2) is 0 Å². The van der Waals surface area contributed by atoms with E-state index in [1.165, 1.54) is 12.1 Å². The summed E-state index contributed by atoms with van der Waals surface area (Å²) in [5.74, 6) is 0.533. The number of nitrogens with two attached hydrogens (primary N) is 1. The van der Waals surface area contributed by atoms with E-state index in [0.29, 0.717) is 81.7 Å². The molecule has 1 heterocycles. The van der Waals surface area contributed by atoms with Crippen LogP contribution < -0.4 is 27.0 Å². The first-order valence-electron chi connectivity index (χ1n) is 13.6. The second-order valence-corrected chi connectivity index (χ2v) is 9.10. The van der Waals surface area contributed by atoms with Gasteiger partial charge in [-0.15, -0.1) is 0 Å². The molecule has 12 heteroatoms. The van der Waals surface area contributed by atoms with E-state index in [4.69, 9.17) is 15.2 Å². The number of nitrogens with zero attached hydrogens (tertiary/aromatic N) is 3. The van der Waals surface area contributed by atoms with Crippen molar-refractivity contribution in [2.45, 2.75) is 13.1 Å². The summed E-state index contributed by atoms with van der Waals surface area (Å²) < 4.78 is 23.9. The Balaban J connectivity index is 1.35. The molecule has 0 unspecified atom stereocenters. The molecule has 3 aromatic carbocycles. The van der Waals surface area contributed by atoms with E-state index >= 15 is 0 Å². The van der Waals surface area contributed by atoms with Gasteiger partial charge in [-0.25, -0.2) is 4.39 Å². The molecular weight excluding hydrogens is 539 g/mol. The van der Waals surface area contributed by atoms with E-state index in [1.54, 1.807) is 36.4 Å². The van der Waals surface area contributed by atoms with Crippen LogP contribution in [-0.2, 0) is 22.6 Å². The zero-order chi connectivity index (χ0) is 29.4. The molecular formula is C30H35FN8O3. The highest BCUT2D eigenvalue weighted by Gasteiger charge is 2.09. The summed E-state index contributed by atoms with van der Waals surface area (Å²) in [6.07, 6.45) is 0. The molecule has 0 fully saturated rings. The lowest BCUT2D eigenvalue weighted by atomic mass is 10.2. The number of amides is 1. The third-order valence-electron chi connectivity index (χ3n) is 5.86. The van der Waals surface area contributed by atoms with E-state index < -0.39 is 0 Å². The van der Waals surface area contributed by atoms with Gasteiger partial charge in [-0.1, -0.05) is 42.5 Å². The van der Waals surface area contributed by atoms with Gasteiger partial charge in [0.1, 0.15) is 5.82 Å². The van der Waals surface area contributed by atoms with Crippen molar-refractivity contribution in [3.63, 3.8) is 0 Å². The number of hydrogen-bond donors (Lipinski definition) is 5. The molecule has 0 aliphatic carbocycles. The van der Waals surface area contributed by atoms with E-state index in [-0.39, 0.29) is 11.7 Å². The summed E-state index contributed by atoms with van der Waals surface area (Å²) in [7, 11) is 0. The van der Waals surface area contributed by atoms with Gasteiger partial charge >= 0.3 is 0 Å². The van der Waals surface area contributed by atoms with Gasteiger partial charge in [0.2, 0.25) is 17.8 Å². The second kappa shape index (κ2) is 16.6. The first-order chi connectivity index (χ1) is 20.6. The van der Waals surface area contributed by atoms with Crippen LogP contribution >= 0.6 is 0 Å².